The van der Waals surface area contributed by atoms with Crippen LogP contribution in [0.2, 0.25) is 0 Å². The Labute approximate surface area is 483 Å². The highest BCUT2D eigenvalue weighted by atomic mass is 16.6. The van der Waals surface area contributed by atoms with Gasteiger partial charge in [0.15, 0.2) is 6.10 Å². The van der Waals surface area contributed by atoms with Crippen LogP contribution < -0.4 is 0 Å². The molecule has 1 atom stereocenters. The molecular weight excluding hydrogens is 961 g/mol. The van der Waals surface area contributed by atoms with Gasteiger partial charge in [0.05, 0.1) is 0 Å². The molecule has 0 aliphatic heterocycles. The van der Waals surface area contributed by atoms with Crippen molar-refractivity contribution in [2.75, 3.05) is 13.2 Å². The van der Waals surface area contributed by atoms with E-state index in [1.54, 1.807) is 0 Å². The number of carbonyl (C=O) groups excluding carboxylic acids is 3. The second-order valence-electron chi connectivity index (χ2n) is 22.0. The fraction of sp³-hybridized carbons (Fsp3) is 0.736. The zero-order valence-electron chi connectivity index (χ0n) is 51.4. The first kappa shape index (κ1) is 74.3. The van der Waals surface area contributed by atoms with Crippen LogP contribution in [0.15, 0.2) is 97.2 Å². The Kier molecular flexibility index (Phi) is 62.7. The smallest absolute Gasteiger partial charge is 0.306 e. The van der Waals surface area contributed by atoms with Crippen molar-refractivity contribution < 1.29 is 28.6 Å². The van der Waals surface area contributed by atoms with Gasteiger partial charge in [-0.15, -0.1) is 0 Å². The van der Waals surface area contributed by atoms with E-state index in [2.05, 4.69) is 118 Å². The van der Waals surface area contributed by atoms with Crippen LogP contribution in [0.25, 0.3) is 0 Å². The number of allylic oxidation sites excluding steroid dienone is 16. The highest BCUT2D eigenvalue weighted by Crippen LogP contribution is 2.16. The van der Waals surface area contributed by atoms with E-state index in [4.69, 9.17) is 14.2 Å². The average Bonchev–Trinajstić information content (AvgIpc) is 3.44. The van der Waals surface area contributed by atoms with Crippen molar-refractivity contribution in [1.82, 2.24) is 0 Å². The number of carbonyl (C=O) groups is 3. The third-order valence-electron chi connectivity index (χ3n) is 14.3. The number of ether oxygens (including phenoxy) is 3. The molecule has 0 aromatic carbocycles. The molecule has 0 bridgehead atoms. The molecule has 0 aromatic heterocycles. The fourth-order valence-corrected chi connectivity index (χ4v) is 9.32. The normalized spacial score (nSPS) is 12.7. The zero-order chi connectivity index (χ0) is 56.4. The maximum Gasteiger partial charge on any atom is 0.306 e. The van der Waals surface area contributed by atoms with Gasteiger partial charge in [0.1, 0.15) is 13.2 Å². The molecule has 0 aromatic rings. The summed E-state index contributed by atoms with van der Waals surface area (Å²) in [5.74, 6) is -0.885. The van der Waals surface area contributed by atoms with Crippen LogP contribution in [0.4, 0.5) is 0 Å². The van der Waals surface area contributed by atoms with Gasteiger partial charge >= 0.3 is 17.9 Å². The van der Waals surface area contributed by atoms with Crippen LogP contribution in [0, 0.1) is 0 Å². The molecule has 0 saturated heterocycles. The predicted octanol–water partition coefficient (Wildman–Crippen LogP) is 22.8. The molecule has 0 rings (SSSR count). The van der Waals surface area contributed by atoms with Crippen molar-refractivity contribution in [3.8, 4) is 0 Å². The lowest BCUT2D eigenvalue weighted by Crippen LogP contribution is -2.30. The summed E-state index contributed by atoms with van der Waals surface area (Å²) in [5.41, 5.74) is 0. The summed E-state index contributed by atoms with van der Waals surface area (Å²) in [6.07, 6.45) is 88.5. The Morgan fingerprint density at radius 3 is 0.821 bits per heavy atom. The molecular formula is C72H124O6. The van der Waals surface area contributed by atoms with Crippen molar-refractivity contribution in [3.05, 3.63) is 97.2 Å². The Morgan fingerprint density at radius 1 is 0.269 bits per heavy atom. The van der Waals surface area contributed by atoms with E-state index in [0.29, 0.717) is 19.3 Å². The van der Waals surface area contributed by atoms with Crippen molar-refractivity contribution in [2.45, 2.75) is 329 Å². The van der Waals surface area contributed by atoms with Crippen LogP contribution in [0.1, 0.15) is 323 Å². The molecule has 6 heteroatoms. The van der Waals surface area contributed by atoms with Crippen LogP contribution in [-0.2, 0) is 28.6 Å². The van der Waals surface area contributed by atoms with Gasteiger partial charge in [-0.05, 0) is 122 Å². The first-order chi connectivity index (χ1) is 38.5. The standard InChI is InChI=1S/C72H124O6/c1-4-7-10-13-16-19-22-25-27-29-31-32-33-34-35-36-37-38-39-40-42-43-45-47-50-53-56-59-62-65-71(74)77-68-69(67-76-70(73)64-61-58-55-52-49-24-21-18-15-12-9-6-3)78-72(75)66-63-60-57-54-51-48-46-44-41-30-28-26-23-20-17-14-11-8-5-2/h7,10,16,18-19,21,25-28,31-32,34-35,37-38,69H,4-6,8-9,11-15,17,20,22-24,29-30,33,36,39-68H2,1-3H3/b10-7-,19-16-,21-18-,27-25-,28-26-,32-31-,35-34-,38-37-. The van der Waals surface area contributed by atoms with Gasteiger partial charge in [-0.2, -0.15) is 0 Å². The van der Waals surface area contributed by atoms with Crippen LogP contribution in [0.5, 0.6) is 0 Å². The predicted molar refractivity (Wildman–Crippen MR) is 339 cm³/mol. The van der Waals surface area contributed by atoms with E-state index in [1.807, 2.05) is 0 Å². The van der Waals surface area contributed by atoms with E-state index in [1.165, 1.54) is 180 Å². The summed E-state index contributed by atoms with van der Waals surface area (Å²) in [5, 5.41) is 0. The second kappa shape index (κ2) is 65.8. The van der Waals surface area contributed by atoms with E-state index in [-0.39, 0.29) is 31.1 Å². The third-order valence-corrected chi connectivity index (χ3v) is 14.3. The molecule has 6 nitrogen and oxygen atoms in total. The molecule has 0 heterocycles. The minimum atomic E-state index is -0.784. The Bertz CT molecular complexity index is 1530. The largest absolute Gasteiger partial charge is 0.462 e. The number of hydrogen-bond acceptors (Lipinski definition) is 6. The highest BCUT2D eigenvalue weighted by Gasteiger charge is 2.19. The Hall–Kier alpha value is -3.67. The van der Waals surface area contributed by atoms with Crippen molar-refractivity contribution in [2.24, 2.45) is 0 Å². The van der Waals surface area contributed by atoms with Gasteiger partial charge in [-0.1, -0.05) is 279 Å². The van der Waals surface area contributed by atoms with Crippen molar-refractivity contribution in [1.29, 1.82) is 0 Å². The van der Waals surface area contributed by atoms with Gasteiger partial charge in [-0.3, -0.25) is 14.4 Å². The minimum absolute atomic E-state index is 0.0816. The van der Waals surface area contributed by atoms with Crippen LogP contribution in [-0.4, -0.2) is 37.2 Å². The maximum atomic E-state index is 12.9. The zero-order valence-corrected chi connectivity index (χ0v) is 51.4. The summed E-state index contributed by atoms with van der Waals surface area (Å²) in [6.45, 7) is 6.51. The molecule has 0 aliphatic rings. The molecule has 1 unspecified atom stereocenters. The molecule has 0 radical (unpaired) electrons. The Morgan fingerprint density at radius 2 is 0.500 bits per heavy atom. The average molecular weight is 1090 g/mol. The molecule has 0 spiro atoms. The van der Waals surface area contributed by atoms with Crippen molar-refractivity contribution in [3.63, 3.8) is 0 Å². The number of esters is 3. The van der Waals surface area contributed by atoms with E-state index in [9.17, 15) is 14.4 Å². The molecule has 0 aliphatic carbocycles. The molecule has 448 valence electrons. The molecule has 0 N–H and O–H groups in total. The summed E-state index contributed by atoms with van der Waals surface area (Å²) < 4.78 is 16.9. The first-order valence-electron chi connectivity index (χ1n) is 33.2. The van der Waals surface area contributed by atoms with Gasteiger partial charge < -0.3 is 14.2 Å². The molecule has 0 fully saturated rings. The summed E-state index contributed by atoms with van der Waals surface area (Å²) in [4.78, 5) is 38.3. The number of unbranched alkanes of at least 4 members (excludes halogenated alkanes) is 33. The van der Waals surface area contributed by atoms with Gasteiger partial charge in [-0.25, -0.2) is 0 Å². The number of hydrogen-bond donors (Lipinski definition) is 0. The lowest BCUT2D eigenvalue weighted by Gasteiger charge is -2.18. The highest BCUT2D eigenvalue weighted by molar-refractivity contribution is 5.71. The van der Waals surface area contributed by atoms with Gasteiger partial charge in [0.2, 0.25) is 0 Å². The topological polar surface area (TPSA) is 78.9 Å². The van der Waals surface area contributed by atoms with E-state index in [0.717, 1.165) is 103 Å². The van der Waals surface area contributed by atoms with E-state index >= 15 is 0 Å². The first-order valence-corrected chi connectivity index (χ1v) is 33.2. The minimum Gasteiger partial charge on any atom is -0.462 e. The second-order valence-corrected chi connectivity index (χ2v) is 22.0. The SMILES string of the molecule is CC/C=C\C/C=C\C/C=C\C/C=C\C/C=C\C/C=C\CCCCCCCCCCCCC(=O)OCC(COC(=O)CCCCCCC/C=C\CCCCC)OC(=O)CCCCCCCCCCC/C=C\CCCCCCCC. The molecule has 0 amide bonds. The monoisotopic (exact) mass is 1080 g/mol. The number of rotatable bonds is 60. The fourth-order valence-electron chi connectivity index (χ4n) is 9.32. The van der Waals surface area contributed by atoms with Crippen LogP contribution in [0.3, 0.4) is 0 Å². The molecule has 78 heavy (non-hydrogen) atoms. The lowest BCUT2D eigenvalue weighted by atomic mass is 10.0. The maximum absolute atomic E-state index is 12.9. The van der Waals surface area contributed by atoms with Gasteiger partial charge in [0, 0.05) is 19.3 Å². The van der Waals surface area contributed by atoms with Crippen molar-refractivity contribution >= 4 is 17.9 Å². The summed E-state index contributed by atoms with van der Waals surface area (Å²) in [6, 6.07) is 0. The van der Waals surface area contributed by atoms with Crippen LogP contribution >= 0.6 is 0 Å². The lowest BCUT2D eigenvalue weighted by molar-refractivity contribution is -0.167. The third kappa shape index (κ3) is 63.2. The summed E-state index contributed by atoms with van der Waals surface area (Å²) in [7, 11) is 0. The van der Waals surface area contributed by atoms with Gasteiger partial charge in [0.25, 0.3) is 0 Å². The summed E-state index contributed by atoms with van der Waals surface area (Å²) >= 11 is 0. The quantitative estimate of drug-likeness (QED) is 0.0261. The van der Waals surface area contributed by atoms with E-state index < -0.39 is 6.10 Å². The molecule has 0 saturated carbocycles. The Balaban J connectivity index is 4.27.